The van der Waals surface area contributed by atoms with Crippen LogP contribution in [0.15, 0.2) is 36.5 Å². The molecule has 0 amide bonds. The van der Waals surface area contributed by atoms with E-state index in [4.69, 9.17) is 0 Å². The van der Waals surface area contributed by atoms with Crippen molar-refractivity contribution in [1.82, 2.24) is 9.78 Å². The predicted molar refractivity (Wildman–Crippen MR) is 71.8 cm³/mol. The molecule has 0 saturated heterocycles. The quantitative estimate of drug-likeness (QED) is 0.883. The van der Waals surface area contributed by atoms with E-state index in [0.29, 0.717) is 11.9 Å². The molecule has 98 valence electrons. The van der Waals surface area contributed by atoms with E-state index in [-0.39, 0.29) is 5.56 Å². The van der Waals surface area contributed by atoms with Gasteiger partial charge in [0.1, 0.15) is 11.4 Å². The van der Waals surface area contributed by atoms with Crippen LogP contribution in [0.3, 0.4) is 0 Å². The normalized spacial score (nSPS) is 14.9. The van der Waals surface area contributed by atoms with Crippen LogP contribution in [0.2, 0.25) is 0 Å². The van der Waals surface area contributed by atoms with Crippen molar-refractivity contribution in [2.24, 2.45) is 0 Å². The van der Waals surface area contributed by atoms with Gasteiger partial charge in [0, 0.05) is 6.04 Å². The van der Waals surface area contributed by atoms with Crippen LogP contribution in [-0.2, 0) is 0 Å². The van der Waals surface area contributed by atoms with Crippen molar-refractivity contribution in [2.75, 3.05) is 5.32 Å². The first-order valence-electron chi connectivity index (χ1n) is 6.39. The fourth-order valence-electron chi connectivity index (χ4n) is 2.15. The Bertz CT molecular complexity index is 588. The Morgan fingerprint density at radius 1 is 1.32 bits per heavy atom. The van der Waals surface area contributed by atoms with Gasteiger partial charge in [0.05, 0.1) is 11.9 Å². The lowest BCUT2D eigenvalue weighted by molar-refractivity contribution is 0.0698. The second-order valence-corrected chi connectivity index (χ2v) is 4.73. The number of aromatic nitrogens is 2. The van der Waals surface area contributed by atoms with Crippen molar-refractivity contribution in [3.05, 3.63) is 42.1 Å². The van der Waals surface area contributed by atoms with Crippen molar-refractivity contribution in [2.45, 2.75) is 25.3 Å². The van der Waals surface area contributed by atoms with Gasteiger partial charge in [-0.25, -0.2) is 9.48 Å². The van der Waals surface area contributed by atoms with Crippen LogP contribution in [0.4, 0.5) is 5.82 Å². The molecule has 1 aliphatic rings. The number of carbonyl (C=O) groups is 1. The third-order valence-electron chi connectivity index (χ3n) is 3.45. The minimum absolute atomic E-state index is 0.218. The number of carboxylic acid groups (broad SMARTS) is 1. The number of benzene rings is 1. The molecule has 1 aliphatic carbocycles. The third kappa shape index (κ3) is 2.19. The number of carboxylic acids is 1. The van der Waals surface area contributed by atoms with Gasteiger partial charge in [-0.3, -0.25) is 0 Å². The van der Waals surface area contributed by atoms with Crippen molar-refractivity contribution in [3.63, 3.8) is 0 Å². The van der Waals surface area contributed by atoms with Crippen LogP contribution >= 0.6 is 0 Å². The Kier molecular flexibility index (Phi) is 2.95. The Balaban J connectivity index is 2.01. The summed E-state index contributed by atoms with van der Waals surface area (Å²) in [6.07, 6.45) is 4.76. The van der Waals surface area contributed by atoms with E-state index in [0.717, 1.165) is 18.5 Å². The highest BCUT2D eigenvalue weighted by Gasteiger charge is 2.23. The summed E-state index contributed by atoms with van der Waals surface area (Å²) in [5.41, 5.74) is 1.08. The molecule has 0 atom stereocenters. The predicted octanol–water partition coefficient (Wildman–Crippen LogP) is 2.53. The van der Waals surface area contributed by atoms with Gasteiger partial charge in [0.15, 0.2) is 0 Å². The molecule has 2 aromatic rings. The van der Waals surface area contributed by atoms with Crippen LogP contribution in [0.1, 0.15) is 29.6 Å². The SMILES string of the molecule is O=C(O)c1cnn(-c2ccccc2)c1NC1CCC1. The van der Waals surface area contributed by atoms with Gasteiger partial charge >= 0.3 is 5.97 Å². The lowest BCUT2D eigenvalue weighted by Gasteiger charge is -2.28. The molecule has 3 rings (SSSR count). The Hall–Kier alpha value is -2.30. The Morgan fingerprint density at radius 3 is 2.63 bits per heavy atom. The summed E-state index contributed by atoms with van der Waals surface area (Å²) in [4.78, 5) is 11.3. The van der Waals surface area contributed by atoms with Gasteiger partial charge in [-0.1, -0.05) is 18.2 Å². The smallest absolute Gasteiger partial charge is 0.341 e. The number of anilines is 1. The summed E-state index contributed by atoms with van der Waals surface area (Å²) in [5, 5.41) is 16.7. The summed E-state index contributed by atoms with van der Waals surface area (Å²) in [6, 6.07) is 9.91. The van der Waals surface area contributed by atoms with Crippen molar-refractivity contribution >= 4 is 11.8 Å². The first-order chi connectivity index (χ1) is 9.25. The maximum Gasteiger partial charge on any atom is 0.341 e. The minimum Gasteiger partial charge on any atom is -0.477 e. The number of hydrogen-bond donors (Lipinski definition) is 2. The molecule has 0 unspecified atom stereocenters. The molecule has 1 aromatic heterocycles. The van der Waals surface area contributed by atoms with E-state index in [9.17, 15) is 9.90 Å². The molecule has 0 bridgehead atoms. The number of nitrogens with zero attached hydrogens (tertiary/aromatic N) is 2. The molecule has 1 heterocycles. The number of aromatic carboxylic acids is 1. The number of rotatable bonds is 4. The minimum atomic E-state index is -0.955. The van der Waals surface area contributed by atoms with Crippen molar-refractivity contribution < 1.29 is 9.90 Å². The maximum atomic E-state index is 11.3. The van der Waals surface area contributed by atoms with Gasteiger partial charge in [0.2, 0.25) is 0 Å². The fraction of sp³-hybridized carbons (Fsp3) is 0.286. The average molecular weight is 257 g/mol. The van der Waals surface area contributed by atoms with Crippen LogP contribution in [0.25, 0.3) is 5.69 Å². The molecule has 0 radical (unpaired) electrons. The molecular formula is C14H15N3O2. The van der Waals surface area contributed by atoms with Gasteiger partial charge < -0.3 is 10.4 Å². The van der Waals surface area contributed by atoms with Gasteiger partial charge in [-0.05, 0) is 31.4 Å². The topological polar surface area (TPSA) is 67.1 Å². The molecule has 0 spiro atoms. The highest BCUT2D eigenvalue weighted by Crippen LogP contribution is 2.27. The zero-order valence-corrected chi connectivity index (χ0v) is 10.4. The van der Waals surface area contributed by atoms with E-state index in [2.05, 4.69) is 10.4 Å². The summed E-state index contributed by atoms with van der Waals surface area (Å²) >= 11 is 0. The number of nitrogens with one attached hydrogen (secondary N) is 1. The second kappa shape index (κ2) is 4.76. The molecule has 1 fully saturated rings. The van der Waals surface area contributed by atoms with E-state index in [1.165, 1.54) is 12.6 Å². The monoisotopic (exact) mass is 257 g/mol. The summed E-state index contributed by atoms with van der Waals surface area (Å²) in [7, 11) is 0. The summed E-state index contributed by atoms with van der Waals surface area (Å²) < 4.78 is 1.65. The largest absolute Gasteiger partial charge is 0.477 e. The zero-order valence-electron chi connectivity index (χ0n) is 10.4. The first kappa shape index (κ1) is 11.8. The van der Waals surface area contributed by atoms with Gasteiger partial charge in [-0.2, -0.15) is 5.10 Å². The lowest BCUT2D eigenvalue weighted by Crippen LogP contribution is -2.29. The van der Waals surface area contributed by atoms with Crippen molar-refractivity contribution in [3.8, 4) is 5.69 Å². The third-order valence-corrected chi connectivity index (χ3v) is 3.45. The summed E-state index contributed by atoms with van der Waals surface area (Å²) in [5.74, 6) is -0.382. The van der Waals surface area contributed by atoms with Gasteiger partial charge in [0.25, 0.3) is 0 Å². The van der Waals surface area contributed by atoms with E-state index < -0.39 is 5.97 Å². The number of hydrogen-bond acceptors (Lipinski definition) is 3. The molecule has 2 N–H and O–H groups in total. The first-order valence-corrected chi connectivity index (χ1v) is 6.39. The Labute approximate surface area is 110 Å². The van der Waals surface area contributed by atoms with Crippen LogP contribution in [-0.4, -0.2) is 26.9 Å². The maximum absolute atomic E-state index is 11.3. The Morgan fingerprint density at radius 2 is 2.05 bits per heavy atom. The van der Waals surface area contributed by atoms with Crippen LogP contribution in [0, 0.1) is 0 Å². The summed E-state index contributed by atoms with van der Waals surface area (Å²) in [6.45, 7) is 0. The highest BCUT2D eigenvalue weighted by molar-refractivity contribution is 5.93. The number of para-hydroxylation sites is 1. The van der Waals surface area contributed by atoms with E-state index in [1.54, 1.807) is 4.68 Å². The van der Waals surface area contributed by atoms with Crippen LogP contribution < -0.4 is 5.32 Å². The molecule has 0 aliphatic heterocycles. The zero-order chi connectivity index (χ0) is 13.2. The van der Waals surface area contributed by atoms with E-state index >= 15 is 0 Å². The average Bonchev–Trinajstić information content (AvgIpc) is 2.78. The molecule has 5 heteroatoms. The standard InChI is InChI=1S/C14H15N3O2/c18-14(19)12-9-15-17(11-7-2-1-3-8-11)13(12)16-10-5-4-6-10/h1-3,7-10,16H,4-6H2,(H,18,19). The molecule has 1 saturated carbocycles. The van der Waals surface area contributed by atoms with Crippen LogP contribution in [0.5, 0.6) is 0 Å². The molecule has 5 nitrogen and oxygen atoms in total. The molecule has 19 heavy (non-hydrogen) atoms. The fourth-order valence-corrected chi connectivity index (χ4v) is 2.15. The molecular weight excluding hydrogens is 242 g/mol. The van der Waals surface area contributed by atoms with Gasteiger partial charge in [-0.15, -0.1) is 0 Å². The lowest BCUT2D eigenvalue weighted by atomic mass is 9.93. The highest BCUT2D eigenvalue weighted by atomic mass is 16.4. The van der Waals surface area contributed by atoms with Crippen molar-refractivity contribution in [1.29, 1.82) is 0 Å². The molecule has 1 aromatic carbocycles. The second-order valence-electron chi connectivity index (χ2n) is 4.73. The van der Waals surface area contributed by atoms with E-state index in [1.807, 2.05) is 30.3 Å².